The zero-order valence-corrected chi connectivity index (χ0v) is 10.4. The van der Waals surface area contributed by atoms with E-state index in [2.05, 4.69) is 14.8 Å². The van der Waals surface area contributed by atoms with Crippen molar-refractivity contribution in [3.05, 3.63) is 0 Å². The van der Waals surface area contributed by atoms with Crippen molar-refractivity contribution in [2.45, 2.75) is 25.9 Å². The minimum atomic E-state index is -0.958. The standard InChI is InChI=1S/C11H17NO5/c1-5-7(10(14)16-3)9(13)8(6(2)12-5)11(15)17-4/h5-8,12H,1-4H3/t5-,6+,7-,8-/m1/s1. The summed E-state index contributed by atoms with van der Waals surface area (Å²) >= 11 is 0. The number of Topliss-reactive ketones (excluding diaryl/α,β-unsaturated/α-hetero) is 1. The molecular formula is C11H17NO5. The van der Waals surface area contributed by atoms with E-state index < -0.39 is 29.6 Å². The summed E-state index contributed by atoms with van der Waals surface area (Å²) in [5.41, 5.74) is 0. The lowest BCUT2D eigenvalue weighted by Gasteiger charge is -2.35. The number of ketones is 1. The van der Waals surface area contributed by atoms with Gasteiger partial charge in [-0.2, -0.15) is 0 Å². The molecule has 1 N–H and O–H groups in total. The zero-order valence-electron chi connectivity index (χ0n) is 10.4. The Labute approximate surface area is 99.6 Å². The fourth-order valence-electron chi connectivity index (χ4n) is 2.19. The Morgan fingerprint density at radius 1 is 1.00 bits per heavy atom. The van der Waals surface area contributed by atoms with Crippen LogP contribution in [0.3, 0.4) is 0 Å². The van der Waals surface area contributed by atoms with E-state index in [4.69, 9.17) is 0 Å². The van der Waals surface area contributed by atoms with Crippen LogP contribution in [0.25, 0.3) is 0 Å². The summed E-state index contributed by atoms with van der Waals surface area (Å²) in [6.45, 7) is 3.42. The smallest absolute Gasteiger partial charge is 0.317 e. The van der Waals surface area contributed by atoms with Gasteiger partial charge in [0.15, 0.2) is 5.78 Å². The average Bonchev–Trinajstić information content (AvgIpc) is 2.27. The highest BCUT2D eigenvalue weighted by atomic mass is 16.5. The van der Waals surface area contributed by atoms with Gasteiger partial charge < -0.3 is 14.8 Å². The van der Waals surface area contributed by atoms with Gasteiger partial charge in [0.05, 0.1) is 14.2 Å². The molecule has 1 aliphatic rings. The third-order valence-electron chi connectivity index (χ3n) is 3.05. The lowest BCUT2D eigenvalue weighted by atomic mass is 9.79. The van der Waals surface area contributed by atoms with Crippen molar-refractivity contribution in [2.24, 2.45) is 11.8 Å². The second kappa shape index (κ2) is 5.27. The topological polar surface area (TPSA) is 81.7 Å². The molecule has 1 rings (SSSR count). The molecule has 0 radical (unpaired) electrons. The predicted octanol–water partition coefficient (Wildman–Crippen LogP) is -0.486. The molecule has 1 fully saturated rings. The van der Waals surface area contributed by atoms with Crippen LogP contribution < -0.4 is 5.32 Å². The van der Waals surface area contributed by atoms with E-state index >= 15 is 0 Å². The van der Waals surface area contributed by atoms with Crippen molar-refractivity contribution in [1.29, 1.82) is 0 Å². The highest BCUT2D eigenvalue weighted by molar-refractivity contribution is 6.10. The number of methoxy groups -OCH3 is 2. The number of hydrogen-bond acceptors (Lipinski definition) is 6. The Bertz CT molecular complexity index is 311. The van der Waals surface area contributed by atoms with Crippen LogP contribution in [0.4, 0.5) is 0 Å². The Balaban J connectivity index is 2.99. The monoisotopic (exact) mass is 243 g/mol. The molecule has 0 saturated carbocycles. The number of piperidine rings is 1. The molecule has 17 heavy (non-hydrogen) atoms. The van der Waals surface area contributed by atoms with E-state index in [9.17, 15) is 14.4 Å². The Kier molecular flexibility index (Phi) is 4.22. The molecule has 6 heteroatoms. The third kappa shape index (κ3) is 2.46. The fraction of sp³-hybridized carbons (Fsp3) is 0.727. The van der Waals surface area contributed by atoms with Crippen molar-refractivity contribution < 1.29 is 23.9 Å². The van der Waals surface area contributed by atoms with Crippen molar-refractivity contribution in [3.8, 4) is 0 Å². The van der Waals surface area contributed by atoms with Crippen LogP contribution >= 0.6 is 0 Å². The molecule has 4 atom stereocenters. The molecule has 0 bridgehead atoms. The zero-order chi connectivity index (χ0) is 13.2. The molecular weight excluding hydrogens is 226 g/mol. The number of hydrogen-bond donors (Lipinski definition) is 1. The maximum Gasteiger partial charge on any atom is 0.317 e. The highest BCUT2D eigenvalue weighted by Gasteiger charge is 2.48. The molecule has 1 heterocycles. The SMILES string of the molecule is COC(=O)[C@H]1C(=O)[C@H](C(=O)OC)[C@@H](C)N[C@H]1C. The van der Waals surface area contributed by atoms with E-state index in [1.54, 1.807) is 13.8 Å². The van der Waals surface area contributed by atoms with Crippen LogP contribution in [0.5, 0.6) is 0 Å². The first-order valence-corrected chi connectivity index (χ1v) is 5.39. The Morgan fingerprint density at radius 3 is 1.65 bits per heavy atom. The van der Waals surface area contributed by atoms with E-state index in [0.29, 0.717) is 0 Å². The molecule has 0 amide bonds. The molecule has 0 aromatic heterocycles. The molecule has 0 aromatic carbocycles. The Morgan fingerprint density at radius 2 is 1.35 bits per heavy atom. The maximum absolute atomic E-state index is 12.1. The summed E-state index contributed by atoms with van der Waals surface area (Å²) in [6, 6.07) is -0.711. The molecule has 1 saturated heterocycles. The number of ether oxygens (including phenoxy) is 2. The van der Waals surface area contributed by atoms with E-state index in [0.717, 1.165) is 0 Å². The fourth-order valence-corrected chi connectivity index (χ4v) is 2.19. The van der Waals surface area contributed by atoms with Gasteiger partial charge in [-0.15, -0.1) is 0 Å². The van der Waals surface area contributed by atoms with Crippen molar-refractivity contribution in [2.75, 3.05) is 14.2 Å². The van der Waals surface area contributed by atoms with Crippen LogP contribution in [0.2, 0.25) is 0 Å². The maximum atomic E-state index is 12.1. The van der Waals surface area contributed by atoms with Crippen molar-refractivity contribution in [1.82, 2.24) is 5.32 Å². The van der Waals surface area contributed by atoms with Gasteiger partial charge in [0.1, 0.15) is 11.8 Å². The second-order valence-electron chi connectivity index (χ2n) is 4.15. The van der Waals surface area contributed by atoms with Gasteiger partial charge in [0, 0.05) is 12.1 Å². The van der Waals surface area contributed by atoms with Crippen molar-refractivity contribution >= 4 is 17.7 Å². The Hall–Kier alpha value is -1.43. The second-order valence-corrected chi connectivity index (χ2v) is 4.15. The van der Waals surface area contributed by atoms with Crippen molar-refractivity contribution in [3.63, 3.8) is 0 Å². The van der Waals surface area contributed by atoms with E-state index in [1.165, 1.54) is 14.2 Å². The summed E-state index contributed by atoms with van der Waals surface area (Å²) < 4.78 is 9.15. The van der Waals surface area contributed by atoms with Crippen LogP contribution in [-0.4, -0.2) is 44.0 Å². The number of carbonyl (C=O) groups is 3. The van der Waals surface area contributed by atoms with Gasteiger partial charge in [0.2, 0.25) is 0 Å². The quantitative estimate of drug-likeness (QED) is 0.521. The molecule has 0 spiro atoms. The lowest BCUT2D eigenvalue weighted by Crippen LogP contribution is -2.59. The highest BCUT2D eigenvalue weighted by Crippen LogP contribution is 2.24. The van der Waals surface area contributed by atoms with Crippen LogP contribution in [0.1, 0.15) is 13.8 Å². The lowest BCUT2D eigenvalue weighted by molar-refractivity contribution is -0.159. The van der Waals surface area contributed by atoms with Crippen LogP contribution in [0.15, 0.2) is 0 Å². The van der Waals surface area contributed by atoms with Gasteiger partial charge in [-0.05, 0) is 13.8 Å². The molecule has 6 nitrogen and oxygen atoms in total. The summed E-state index contributed by atoms with van der Waals surface area (Å²) in [5, 5.41) is 3.02. The molecule has 0 aliphatic carbocycles. The van der Waals surface area contributed by atoms with Gasteiger partial charge >= 0.3 is 11.9 Å². The molecule has 0 unspecified atom stereocenters. The molecule has 0 aromatic rings. The van der Waals surface area contributed by atoms with E-state index in [1.807, 2.05) is 0 Å². The van der Waals surface area contributed by atoms with Gasteiger partial charge in [-0.3, -0.25) is 14.4 Å². The van der Waals surface area contributed by atoms with Gasteiger partial charge in [0.25, 0.3) is 0 Å². The first-order valence-electron chi connectivity index (χ1n) is 5.39. The largest absolute Gasteiger partial charge is 0.468 e. The summed E-state index contributed by atoms with van der Waals surface area (Å²) in [5.74, 6) is -3.62. The predicted molar refractivity (Wildman–Crippen MR) is 58.1 cm³/mol. The summed E-state index contributed by atoms with van der Waals surface area (Å²) in [4.78, 5) is 35.1. The number of esters is 2. The average molecular weight is 243 g/mol. The van der Waals surface area contributed by atoms with Crippen LogP contribution in [0, 0.1) is 11.8 Å². The number of carbonyl (C=O) groups excluding carboxylic acids is 3. The molecule has 96 valence electrons. The van der Waals surface area contributed by atoms with Gasteiger partial charge in [-0.25, -0.2) is 0 Å². The number of nitrogens with one attached hydrogen (secondary N) is 1. The van der Waals surface area contributed by atoms with E-state index in [-0.39, 0.29) is 12.1 Å². The third-order valence-corrected chi connectivity index (χ3v) is 3.05. The summed E-state index contributed by atoms with van der Waals surface area (Å²) in [6.07, 6.45) is 0. The first kappa shape index (κ1) is 13.6. The minimum absolute atomic E-state index is 0.356. The normalized spacial score (nSPS) is 33.1. The summed E-state index contributed by atoms with van der Waals surface area (Å²) in [7, 11) is 2.43. The number of rotatable bonds is 2. The first-order chi connectivity index (χ1) is 7.93. The minimum Gasteiger partial charge on any atom is -0.468 e. The molecule has 1 aliphatic heterocycles. The van der Waals surface area contributed by atoms with Gasteiger partial charge in [-0.1, -0.05) is 0 Å². The van der Waals surface area contributed by atoms with Crippen LogP contribution in [-0.2, 0) is 23.9 Å².